The lowest BCUT2D eigenvalue weighted by molar-refractivity contribution is -0.142. The van der Waals surface area contributed by atoms with Crippen molar-refractivity contribution in [3.8, 4) is 6.07 Å². The molecule has 1 aromatic heterocycles. The molecule has 1 rings (SSSR count). The minimum Gasteiger partial charge on any atom is -0.466 e. The van der Waals surface area contributed by atoms with Crippen LogP contribution in [0.25, 0.3) is 0 Å². The van der Waals surface area contributed by atoms with Crippen LogP contribution in [0.1, 0.15) is 35.9 Å². The van der Waals surface area contributed by atoms with Gasteiger partial charge in [0.1, 0.15) is 11.8 Å². The van der Waals surface area contributed by atoms with Gasteiger partial charge < -0.3 is 4.74 Å². The fourth-order valence-corrected chi connectivity index (χ4v) is 1.95. The Morgan fingerprint density at radius 3 is 2.79 bits per heavy atom. The molecule has 0 fully saturated rings. The number of alkyl halides is 3. The maximum absolute atomic E-state index is 12.7. The number of nitriles is 1. The molecule has 19 heavy (non-hydrogen) atoms. The third-order valence-corrected chi connectivity index (χ3v) is 2.90. The predicted molar refractivity (Wildman–Crippen MR) is 66.9 cm³/mol. The van der Waals surface area contributed by atoms with E-state index < -0.39 is 18.1 Å². The smallest absolute Gasteiger partial charge is 0.311 e. The van der Waals surface area contributed by atoms with E-state index in [0.29, 0.717) is 5.56 Å². The highest BCUT2D eigenvalue weighted by Crippen LogP contribution is 2.23. The van der Waals surface area contributed by atoms with Crippen molar-refractivity contribution in [3.63, 3.8) is 0 Å². The quantitative estimate of drug-likeness (QED) is 0.614. The second kappa shape index (κ2) is 7.14. The molecule has 0 spiro atoms. The lowest BCUT2D eigenvalue weighted by atomic mass is 10.1. The van der Waals surface area contributed by atoms with Crippen LogP contribution in [0.15, 0.2) is 6.07 Å². The molecular weight excluding hydrogens is 322 g/mol. The first-order chi connectivity index (χ1) is 9.03. The van der Waals surface area contributed by atoms with Crippen molar-refractivity contribution >= 4 is 21.9 Å². The van der Waals surface area contributed by atoms with Crippen molar-refractivity contribution in [2.45, 2.75) is 25.1 Å². The van der Waals surface area contributed by atoms with Crippen LogP contribution in [-0.2, 0) is 21.3 Å². The normalized spacial score (nSPS) is 10.3. The van der Waals surface area contributed by atoms with Crippen molar-refractivity contribution < 1.29 is 18.3 Å². The van der Waals surface area contributed by atoms with Crippen LogP contribution in [0, 0.1) is 11.3 Å². The van der Waals surface area contributed by atoms with Crippen LogP contribution >= 0.6 is 15.9 Å². The van der Waals surface area contributed by atoms with Crippen molar-refractivity contribution in [2.24, 2.45) is 0 Å². The molecule has 0 radical (unpaired) electrons. The summed E-state index contributed by atoms with van der Waals surface area (Å²) in [6, 6.07) is 3.04. The van der Waals surface area contributed by atoms with Gasteiger partial charge in [-0.15, -0.1) is 0 Å². The van der Waals surface area contributed by atoms with Gasteiger partial charge in [0.05, 0.1) is 24.3 Å². The zero-order valence-corrected chi connectivity index (χ0v) is 11.7. The Balaban J connectivity index is 3.23. The second-order valence-corrected chi connectivity index (χ2v) is 4.12. The monoisotopic (exact) mass is 332 g/mol. The third kappa shape index (κ3) is 3.96. The molecule has 0 saturated carbocycles. The van der Waals surface area contributed by atoms with Crippen LogP contribution in [0.5, 0.6) is 0 Å². The van der Waals surface area contributed by atoms with Gasteiger partial charge in [-0.25, -0.2) is 13.8 Å². The molecule has 102 valence electrons. The number of aromatic nitrogens is 1. The summed E-state index contributed by atoms with van der Waals surface area (Å²) in [5.41, 5.74) is 0.0855. The van der Waals surface area contributed by atoms with E-state index in [1.54, 1.807) is 6.92 Å². The standard InChI is InChI=1S/C12H11BrF2N2O2/c1-2-19-11(18)4-9-8(6-16)7(5-13)3-10(17-9)12(14)15/h3,12H,2,4-5H2,1H3. The molecule has 0 N–H and O–H groups in total. The van der Waals surface area contributed by atoms with Gasteiger partial charge in [-0.05, 0) is 18.6 Å². The van der Waals surface area contributed by atoms with E-state index in [9.17, 15) is 13.6 Å². The molecule has 0 amide bonds. The highest BCUT2D eigenvalue weighted by Gasteiger charge is 2.19. The zero-order valence-electron chi connectivity index (χ0n) is 10.1. The first kappa shape index (κ1) is 15.5. The number of carbonyl (C=O) groups is 1. The maximum Gasteiger partial charge on any atom is 0.311 e. The summed E-state index contributed by atoms with van der Waals surface area (Å²) < 4.78 is 30.1. The van der Waals surface area contributed by atoms with Gasteiger partial charge in [0, 0.05) is 5.33 Å². The Hall–Kier alpha value is -1.55. The van der Waals surface area contributed by atoms with Crippen molar-refractivity contribution in [1.82, 2.24) is 4.98 Å². The SMILES string of the molecule is CCOC(=O)Cc1nc(C(F)F)cc(CBr)c1C#N. The number of esters is 1. The summed E-state index contributed by atoms with van der Waals surface area (Å²) >= 11 is 3.12. The molecule has 4 nitrogen and oxygen atoms in total. The minimum absolute atomic E-state index is 0.0215. The van der Waals surface area contributed by atoms with E-state index in [1.807, 2.05) is 6.07 Å². The largest absolute Gasteiger partial charge is 0.466 e. The number of rotatable bonds is 5. The van der Waals surface area contributed by atoms with Gasteiger partial charge in [0.25, 0.3) is 6.43 Å². The molecule has 0 unspecified atom stereocenters. The van der Waals surface area contributed by atoms with E-state index in [0.717, 1.165) is 6.07 Å². The van der Waals surface area contributed by atoms with Crippen LogP contribution in [0.3, 0.4) is 0 Å². The number of carbonyl (C=O) groups excluding carboxylic acids is 1. The van der Waals surface area contributed by atoms with Gasteiger partial charge >= 0.3 is 5.97 Å². The Labute approximate surface area is 117 Å². The lowest BCUT2D eigenvalue weighted by Gasteiger charge is -2.10. The summed E-state index contributed by atoms with van der Waals surface area (Å²) in [7, 11) is 0. The number of hydrogen-bond donors (Lipinski definition) is 0. The molecule has 0 atom stereocenters. The van der Waals surface area contributed by atoms with E-state index in [1.165, 1.54) is 0 Å². The molecule has 0 aliphatic rings. The molecule has 0 aliphatic carbocycles. The molecule has 0 aromatic carbocycles. The topological polar surface area (TPSA) is 63.0 Å². The Morgan fingerprint density at radius 1 is 1.63 bits per heavy atom. The van der Waals surface area contributed by atoms with Crippen LogP contribution < -0.4 is 0 Å². The Kier molecular flexibility index (Phi) is 5.83. The summed E-state index contributed by atoms with van der Waals surface area (Å²) in [6.07, 6.45) is -3.05. The molecular formula is C12H11BrF2N2O2. The van der Waals surface area contributed by atoms with Gasteiger partial charge in [-0.3, -0.25) is 4.79 Å². The third-order valence-electron chi connectivity index (χ3n) is 2.29. The van der Waals surface area contributed by atoms with E-state index in [2.05, 4.69) is 20.9 Å². The molecule has 7 heteroatoms. The second-order valence-electron chi connectivity index (χ2n) is 3.56. The summed E-state index contributed by atoms with van der Waals surface area (Å²) in [4.78, 5) is 15.1. The van der Waals surface area contributed by atoms with Crippen molar-refractivity contribution in [1.29, 1.82) is 5.26 Å². The molecule has 1 heterocycles. The number of ether oxygens (including phenoxy) is 1. The number of pyridine rings is 1. The summed E-state index contributed by atoms with van der Waals surface area (Å²) in [5.74, 6) is -0.599. The average Bonchev–Trinajstić information content (AvgIpc) is 2.37. The van der Waals surface area contributed by atoms with E-state index in [4.69, 9.17) is 10.00 Å². The number of nitrogens with zero attached hydrogens (tertiary/aromatic N) is 2. The molecule has 0 aliphatic heterocycles. The maximum atomic E-state index is 12.7. The average molecular weight is 333 g/mol. The summed E-state index contributed by atoms with van der Waals surface area (Å²) in [5, 5.41) is 9.28. The molecule has 1 aromatic rings. The lowest BCUT2D eigenvalue weighted by Crippen LogP contribution is -2.12. The number of halogens is 3. The number of hydrogen-bond acceptors (Lipinski definition) is 4. The van der Waals surface area contributed by atoms with Crippen LogP contribution in [0.4, 0.5) is 8.78 Å². The fraction of sp³-hybridized carbons (Fsp3) is 0.417. The Bertz CT molecular complexity index is 515. The minimum atomic E-state index is -2.76. The zero-order chi connectivity index (χ0) is 14.4. The van der Waals surface area contributed by atoms with Gasteiger partial charge in [-0.1, -0.05) is 15.9 Å². The fourth-order valence-electron chi connectivity index (χ4n) is 1.51. The predicted octanol–water partition coefficient (Wildman–Crippen LogP) is 2.89. The van der Waals surface area contributed by atoms with Gasteiger partial charge in [0.15, 0.2) is 0 Å². The highest BCUT2D eigenvalue weighted by atomic mass is 79.9. The summed E-state index contributed by atoms with van der Waals surface area (Å²) in [6.45, 7) is 1.82. The first-order valence-electron chi connectivity index (χ1n) is 5.46. The van der Waals surface area contributed by atoms with Gasteiger partial charge in [0.2, 0.25) is 0 Å². The molecule has 0 bridgehead atoms. The highest BCUT2D eigenvalue weighted by molar-refractivity contribution is 9.08. The molecule has 0 saturated heterocycles. The van der Waals surface area contributed by atoms with Crippen LogP contribution in [0.2, 0.25) is 0 Å². The van der Waals surface area contributed by atoms with E-state index in [-0.39, 0.29) is 29.6 Å². The van der Waals surface area contributed by atoms with Crippen molar-refractivity contribution in [2.75, 3.05) is 6.61 Å². The van der Waals surface area contributed by atoms with Gasteiger partial charge in [-0.2, -0.15) is 5.26 Å². The van der Waals surface area contributed by atoms with Crippen LogP contribution in [-0.4, -0.2) is 17.6 Å². The Morgan fingerprint density at radius 2 is 2.32 bits per heavy atom. The van der Waals surface area contributed by atoms with Crippen molar-refractivity contribution in [3.05, 3.63) is 28.6 Å². The first-order valence-corrected chi connectivity index (χ1v) is 6.58. The van der Waals surface area contributed by atoms with E-state index >= 15 is 0 Å².